The van der Waals surface area contributed by atoms with E-state index in [9.17, 15) is 4.39 Å². The number of benzene rings is 1. The highest BCUT2D eigenvalue weighted by molar-refractivity contribution is 5.16. The van der Waals surface area contributed by atoms with Crippen molar-refractivity contribution in [1.29, 1.82) is 0 Å². The molecule has 21 heavy (non-hydrogen) atoms. The second kappa shape index (κ2) is 7.37. The van der Waals surface area contributed by atoms with Crippen molar-refractivity contribution in [2.24, 2.45) is 11.7 Å². The number of hydrogen-bond acceptors (Lipinski definition) is 2. The van der Waals surface area contributed by atoms with E-state index in [0.717, 1.165) is 30.9 Å². The van der Waals surface area contributed by atoms with Crippen LogP contribution in [-0.4, -0.2) is 24.0 Å². The summed E-state index contributed by atoms with van der Waals surface area (Å²) in [5.41, 5.74) is 7.27. The number of nitrogens with two attached hydrogens (primary N) is 1. The van der Waals surface area contributed by atoms with Gasteiger partial charge in [0.2, 0.25) is 0 Å². The van der Waals surface area contributed by atoms with Crippen LogP contribution >= 0.6 is 0 Å². The topological polar surface area (TPSA) is 29.3 Å². The standard InChI is InChI=1S/C18H29FN2/c1-3-15-7-5-10-18(14-20,11-9-15)21(2)13-16-6-4-8-17(19)12-16/h4,6,8,12,15H,3,5,7,9-11,13-14,20H2,1-2H3. The highest BCUT2D eigenvalue weighted by Crippen LogP contribution is 2.35. The number of halogens is 1. The smallest absolute Gasteiger partial charge is 0.123 e. The molecule has 0 heterocycles. The van der Waals surface area contributed by atoms with Crippen molar-refractivity contribution in [3.63, 3.8) is 0 Å². The van der Waals surface area contributed by atoms with Gasteiger partial charge in [0.1, 0.15) is 5.82 Å². The van der Waals surface area contributed by atoms with Gasteiger partial charge < -0.3 is 5.73 Å². The van der Waals surface area contributed by atoms with Crippen molar-refractivity contribution < 1.29 is 4.39 Å². The quantitative estimate of drug-likeness (QED) is 0.833. The van der Waals surface area contributed by atoms with Gasteiger partial charge in [-0.15, -0.1) is 0 Å². The van der Waals surface area contributed by atoms with Crippen molar-refractivity contribution >= 4 is 0 Å². The van der Waals surface area contributed by atoms with Gasteiger partial charge in [0.15, 0.2) is 0 Å². The predicted octanol–water partition coefficient (Wildman–Crippen LogP) is 3.95. The molecule has 118 valence electrons. The Labute approximate surface area is 128 Å². The Bertz CT molecular complexity index is 449. The van der Waals surface area contributed by atoms with E-state index in [0.29, 0.717) is 6.54 Å². The molecule has 3 heteroatoms. The maximum absolute atomic E-state index is 13.4. The SMILES string of the molecule is CCC1CCCC(CN)(N(C)Cc2cccc(F)c2)CC1. The van der Waals surface area contributed by atoms with Crippen LogP contribution in [0.1, 0.15) is 51.0 Å². The van der Waals surface area contributed by atoms with Crippen LogP contribution < -0.4 is 5.73 Å². The first kappa shape index (κ1) is 16.4. The number of likely N-dealkylation sites (N-methyl/N-ethyl adjacent to an activating group) is 1. The van der Waals surface area contributed by atoms with Crippen LogP contribution in [0, 0.1) is 11.7 Å². The van der Waals surface area contributed by atoms with Crippen LogP contribution in [0.15, 0.2) is 24.3 Å². The zero-order valence-electron chi connectivity index (χ0n) is 13.4. The van der Waals surface area contributed by atoms with Gasteiger partial charge in [0.05, 0.1) is 0 Å². The molecule has 0 spiro atoms. The molecule has 2 atom stereocenters. The lowest BCUT2D eigenvalue weighted by atomic mass is 9.87. The van der Waals surface area contributed by atoms with E-state index in [1.54, 1.807) is 12.1 Å². The van der Waals surface area contributed by atoms with Gasteiger partial charge in [-0.3, -0.25) is 4.90 Å². The van der Waals surface area contributed by atoms with Crippen LogP contribution in [0.4, 0.5) is 4.39 Å². The fourth-order valence-corrected chi connectivity index (χ4v) is 3.69. The highest BCUT2D eigenvalue weighted by Gasteiger charge is 2.35. The Morgan fingerprint density at radius 3 is 2.81 bits per heavy atom. The minimum absolute atomic E-state index is 0.0796. The van der Waals surface area contributed by atoms with Crippen LogP contribution in [0.5, 0.6) is 0 Å². The third-order valence-electron chi connectivity index (χ3n) is 5.35. The summed E-state index contributed by atoms with van der Waals surface area (Å²) in [6.45, 7) is 3.75. The zero-order chi connectivity index (χ0) is 15.3. The fraction of sp³-hybridized carbons (Fsp3) is 0.667. The lowest BCUT2D eigenvalue weighted by molar-refractivity contribution is 0.0983. The lowest BCUT2D eigenvalue weighted by Gasteiger charge is -2.41. The molecule has 0 radical (unpaired) electrons. The molecule has 2 nitrogen and oxygen atoms in total. The molecular formula is C18H29FN2. The van der Waals surface area contributed by atoms with Gasteiger partial charge in [-0.2, -0.15) is 0 Å². The van der Waals surface area contributed by atoms with Crippen molar-refractivity contribution in [3.05, 3.63) is 35.6 Å². The molecule has 2 N–H and O–H groups in total. The monoisotopic (exact) mass is 292 g/mol. The van der Waals surface area contributed by atoms with Crippen LogP contribution in [0.2, 0.25) is 0 Å². The predicted molar refractivity (Wildman–Crippen MR) is 86.5 cm³/mol. The molecule has 1 aromatic carbocycles. The van der Waals surface area contributed by atoms with Gasteiger partial charge in [0.25, 0.3) is 0 Å². The normalized spacial score (nSPS) is 26.8. The summed E-state index contributed by atoms with van der Waals surface area (Å²) in [5, 5.41) is 0. The van der Waals surface area contributed by atoms with Crippen molar-refractivity contribution in [2.75, 3.05) is 13.6 Å². The maximum atomic E-state index is 13.4. The Morgan fingerprint density at radius 2 is 2.14 bits per heavy atom. The molecule has 1 aliphatic carbocycles. The van der Waals surface area contributed by atoms with E-state index in [-0.39, 0.29) is 11.4 Å². The summed E-state index contributed by atoms with van der Waals surface area (Å²) >= 11 is 0. The molecule has 1 aromatic rings. The maximum Gasteiger partial charge on any atom is 0.123 e. The van der Waals surface area contributed by atoms with E-state index in [1.165, 1.54) is 31.7 Å². The van der Waals surface area contributed by atoms with Gasteiger partial charge in [-0.05, 0) is 49.9 Å². The van der Waals surface area contributed by atoms with Gasteiger partial charge >= 0.3 is 0 Å². The summed E-state index contributed by atoms with van der Waals surface area (Å²) in [5.74, 6) is 0.690. The first-order valence-electron chi connectivity index (χ1n) is 8.25. The van der Waals surface area contributed by atoms with Crippen molar-refractivity contribution in [1.82, 2.24) is 4.90 Å². The minimum Gasteiger partial charge on any atom is -0.329 e. The fourth-order valence-electron chi connectivity index (χ4n) is 3.69. The summed E-state index contributed by atoms with van der Waals surface area (Å²) in [4.78, 5) is 2.36. The lowest BCUT2D eigenvalue weighted by Crippen LogP contribution is -2.51. The molecule has 0 aliphatic heterocycles. The van der Waals surface area contributed by atoms with Gasteiger partial charge in [-0.1, -0.05) is 38.3 Å². The summed E-state index contributed by atoms with van der Waals surface area (Å²) in [6, 6.07) is 6.91. The molecule has 0 aromatic heterocycles. The van der Waals surface area contributed by atoms with Crippen molar-refractivity contribution in [2.45, 2.75) is 57.5 Å². The van der Waals surface area contributed by atoms with E-state index < -0.39 is 0 Å². The zero-order valence-corrected chi connectivity index (χ0v) is 13.4. The number of rotatable bonds is 5. The largest absolute Gasteiger partial charge is 0.329 e. The molecule has 0 amide bonds. The number of hydrogen-bond donors (Lipinski definition) is 1. The van der Waals surface area contributed by atoms with E-state index in [2.05, 4.69) is 18.9 Å². The Kier molecular flexibility index (Phi) is 5.77. The Hall–Kier alpha value is -0.930. The van der Waals surface area contributed by atoms with E-state index in [1.807, 2.05) is 6.07 Å². The number of nitrogens with zero attached hydrogens (tertiary/aromatic N) is 1. The highest BCUT2D eigenvalue weighted by atomic mass is 19.1. The minimum atomic E-state index is -0.158. The summed E-state index contributed by atoms with van der Waals surface area (Å²) < 4.78 is 13.4. The van der Waals surface area contributed by atoms with Crippen LogP contribution in [-0.2, 0) is 6.54 Å². The molecule has 1 fully saturated rings. The molecular weight excluding hydrogens is 263 g/mol. The van der Waals surface area contributed by atoms with Crippen LogP contribution in [0.3, 0.4) is 0 Å². The third-order valence-corrected chi connectivity index (χ3v) is 5.35. The van der Waals surface area contributed by atoms with Crippen molar-refractivity contribution in [3.8, 4) is 0 Å². The Balaban J connectivity index is 2.08. The molecule has 2 unspecified atom stereocenters. The molecule has 1 saturated carbocycles. The van der Waals surface area contributed by atoms with Gasteiger partial charge in [0, 0.05) is 18.6 Å². The third kappa shape index (κ3) is 4.04. The molecule has 0 bridgehead atoms. The van der Waals surface area contributed by atoms with E-state index in [4.69, 9.17) is 5.73 Å². The summed E-state index contributed by atoms with van der Waals surface area (Å²) in [7, 11) is 2.14. The Morgan fingerprint density at radius 1 is 1.33 bits per heavy atom. The van der Waals surface area contributed by atoms with E-state index >= 15 is 0 Å². The second-order valence-corrected chi connectivity index (χ2v) is 6.62. The average Bonchev–Trinajstić information content (AvgIpc) is 2.70. The molecule has 1 aliphatic rings. The first-order chi connectivity index (χ1) is 10.1. The second-order valence-electron chi connectivity index (χ2n) is 6.62. The first-order valence-corrected chi connectivity index (χ1v) is 8.25. The van der Waals surface area contributed by atoms with Crippen LogP contribution in [0.25, 0.3) is 0 Å². The average molecular weight is 292 g/mol. The molecule has 2 rings (SSSR count). The van der Waals surface area contributed by atoms with Gasteiger partial charge in [-0.25, -0.2) is 4.39 Å². The molecule has 0 saturated heterocycles. The summed E-state index contributed by atoms with van der Waals surface area (Å²) in [6.07, 6.45) is 7.43.